The molecule has 164 valence electrons. The van der Waals surface area contributed by atoms with Crippen molar-refractivity contribution in [3.63, 3.8) is 0 Å². The van der Waals surface area contributed by atoms with Crippen LogP contribution in [0.4, 0.5) is 5.69 Å². The van der Waals surface area contributed by atoms with Crippen LogP contribution < -0.4 is 9.64 Å². The molecule has 0 saturated heterocycles. The lowest BCUT2D eigenvalue weighted by atomic mass is 9.92. The number of halogens is 2. The molecule has 1 aliphatic heterocycles. The van der Waals surface area contributed by atoms with E-state index in [0.29, 0.717) is 44.7 Å². The minimum atomic E-state index is -0.385. The first-order valence-electron chi connectivity index (χ1n) is 9.98. The van der Waals surface area contributed by atoms with Gasteiger partial charge < -0.3 is 9.64 Å². The van der Waals surface area contributed by atoms with Gasteiger partial charge in [0.1, 0.15) is 0 Å². The summed E-state index contributed by atoms with van der Waals surface area (Å²) in [6, 6.07) is 13.9. The van der Waals surface area contributed by atoms with Crippen molar-refractivity contribution < 1.29 is 14.3 Å². The van der Waals surface area contributed by atoms with Crippen LogP contribution in [-0.4, -0.2) is 30.8 Å². The number of carbonyl (C=O) groups is 2. The smallest absolute Gasteiger partial charge is 0.262 e. The molecule has 0 bridgehead atoms. The molecule has 0 N–H and O–H groups in total. The third kappa shape index (κ3) is 4.78. The maximum Gasteiger partial charge on any atom is 0.262 e. The van der Waals surface area contributed by atoms with Crippen LogP contribution in [0.2, 0.25) is 10.0 Å². The lowest BCUT2D eigenvalue weighted by molar-refractivity contribution is -0.114. The summed E-state index contributed by atoms with van der Waals surface area (Å²) in [6.07, 6.45) is 3.74. The van der Waals surface area contributed by atoms with Crippen molar-refractivity contribution in [3.05, 3.63) is 92.6 Å². The number of carbonyl (C=O) groups excluding carboxylic acids is 2. The van der Waals surface area contributed by atoms with Crippen LogP contribution in [0.3, 0.4) is 0 Å². The van der Waals surface area contributed by atoms with Gasteiger partial charge in [0.05, 0.1) is 28.4 Å². The minimum absolute atomic E-state index is 0.0535. The topological polar surface area (TPSA) is 59.5 Å². The zero-order valence-corrected chi connectivity index (χ0v) is 19.4. The number of ketones is 1. The second-order valence-electron chi connectivity index (χ2n) is 7.34. The number of hydrogen-bond acceptors (Lipinski definition) is 4. The summed E-state index contributed by atoms with van der Waals surface area (Å²) in [4.78, 5) is 31.7. The van der Waals surface area contributed by atoms with Crippen LogP contribution in [0.25, 0.3) is 6.08 Å². The zero-order chi connectivity index (χ0) is 23.5. The maximum atomic E-state index is 13.2. The molecular weight excluding hydrogens is 459 g/mol. The maximum absolute atomic E-state index is 13.2. The van der Waals surface area contributed by atoms with E-state index in [4.69, 9.17) is 27.9 Å². The molecule has 0 atom stereocenters. The van der Waals surface area contributed by atoms with Crippen molar-refractivity contribution in [3.8, 4) is 17.7 Å². The highest BCUT2D eigenvalue weighted by atomic mass is 35.5. The normalized spacial score (nSPS) is 14.1. The van der Waals surface area contributed by atoms with Gasteiger partial charge in [0.2, 0.25) is 11.7 Å². The van der Waals surface area contributed by atoms with Crippen molar-refractivity contribution in [2.24, 2.45) is 0 Å². The van der Waals surface area contributed by atoms with Gasteiger partial charge in [-0.3, -0.25) is 9.59 Å². The molecule has 0 spiro atoms. The molecule has 3 aromatic rings. The van der Waals surface area contributed by atoms with Crippen LogP contribution in [0, 0.1) is 11.8 Å². The number of nitrogens with zero attached hydrogens (tertiary/aromatic N) is 2. The molecule has 0 aliphatic carbocycles. The van der Waals surface area contributed by atoms with Gasteiger partial charge in [-0.1, -0.05) is 47.2 Å². The fourth-order valence-electron chi connectivity index (χ4n) is 3.40. The van der Waals surface area contributed by atoms with Gasteiger partial charge in [0.15, 0.2) is 0 Å². The van der Waals surface area contributed by atoms with E-state index >= 15 is 0 Å². The van der Waals surface area contributed by atoms with Gasteiger partial charge in [-0.25, -0.2) is 4.98 Å². The third-order valence-electron chi connectivity index (χ3n) is 5.17. The van der Waals surface area contributed by atoms with Crippen LogP contribution in [0.15, 0.2) is 60.3 Å². The lowest BCUT2D eigenvalue weighted by Crippen LogP contribution is -2.36. The Labute approximate surface area is 201 Å². The second kappa shape index (κ2) is 9.50. The number of ether oxygens (including phenoxy) is 1. The number of fused-ring (bicyclic) bond motifs is 1. The number of amides is 1. The number of methoxy groups -OCH3 is 1. The summed E-state index contributed by atoms with van der Waals surface area (Å²) in [5.74, 6) is 5.98. The Morgan fingerprint density at radius 3 is 2.58 bits per heavy atom. The molecule has 0 fully saturated rings. The number of anilines is 1. The molecule has 5 nitrogen and oxygen atoms in total. The summed E-state index contributed by atoms with van der Waals surface area (Å²) in [5.41, 5.74) is 3.26. The quantitative estimate of drug-likeness (QED) is 0.294. The van der Waals surface area contributed by atoms with Gasteiger partial charge >= 0.3 is 0 Å². The lowest BCUT2D eigenvalue weighted by Gasteiger charge is -2.26. The van der Waals surface area contributed by atoms with Gasteiger partial charge in [-0.15, -0.1) is 0 Å². The number of benzene rings is 2. The molecule has 4 rings (SSSR count). The SMILES string of the molecule is COc1ccc(CC#Cc2ccc3c(c2)C(=O)/C(=C\c2ccc(Cl)c(Cl)c2)C(=O)N3C)cn1. The van der Waals surface area contributed by atoms with E-state index in [2.05, 4.69) is 16.8 Å². The van der Waals surface area contributed by atoms with E-state index in [-0.39, 0.29) is 17.3 Å². The zero-order valence-electron chi connectivity index (χ0n) is 17.9. The summed E-state index contributed by atoms with van der Waals surface area (Å²) < 4.78 is 5.06. The predicted molar refractivity (Wildman–Crippen MR) is 130 cm³/mol. The van der Waals surface area contributed by atoms with Crippen molar-refractivity contribution in [2.75, 3.05) is 19.1 Å². The molecule has 7 heteroatoms. The molecule has 33 heavy (non-hydrogen) atoms. The van der Waals surface area contributed by atoms with E-state index < -0.39 is 0 Å². The molecule has 0 radical (unpaired) electrons. The fraction of sp³-hybridized carbons (Fsp3) is 0.115. The number of Topliss-reactive ketones (excluding diaryl/α,β-unsaturated/α-hetero) is 1. The van der Waals surface area contributed by atoms with Crippen molar-refractivity contribution >= 4 is 46.7 Å². The van der Waals surface area contributed by atoms with Crippen LogP contribution in [-0.2, 0) is 11.2 Å². The summed E-state index contributed by atoms with van der Waals surface area (Å²) in [6.45, 7) is 0. The molecule has 2 aromatic carbocycles. The third-order valence-corrected chi connectivity index (χ3v) is 5.91. The van der Waals surface area contributed by atoms with E-state index in [0.717, 1.165) is 5.56 Å². The van der Waals surface area contributed by atoms with E-state index in [1.807, 2.05) is 6.07 Å². The van der Waals surface area contributed by atoms with Gasteiger partial charge in [-0.2, -0.15) is 0 Å². The Balaban J connectivity index is 1.62. The van der Waals surface area contributed by atoms with Gasteiger partial charge in [0.25, 0.3) is 5.91 Å². The molecular formula is C26H18Cl2N2O3. The Hall–Kier alpha value is -3.59. The molecule has 0 unspecified atom stereocenters. The van der Waals surface area contributed by atoms with E-state index in [1.165, 1.54) is 11.0 Å². The first kappa shape index (κ1) is 22.6. The number of rotatable bonds is 3. The first-order chi connectivity index (χ1) is 15.9. The molecule has 2 heterocycles. The van der Waals surface area contributed by atoms with Crippen molar-refractivity contribution in [1.29, 1.82) is 0 Å². The highest BCUT2D eigenvalue weighted by Crippen LogP contribution is 2.32. The number of aromatic nitrogens is 1. The summed E-state index contributed by atoms with van der Waals surface area (Å²) in [7, 11) is 3.20. The average molecular weight is 477 g/mol. The second-order valence-corrected chi connectivity index (χ2v) is 8.16. The monoisotopic (exact) mass is 476 g/mol. The highest BCUT2D eigenvalue weighted by Gasteiger charge is 2.32. The van der Waals surface area contributed by atoms with Crippen LogP contribution in [0.1, 0.15) is 27.0 Å². The van der Waals surface area contributed by atoms with Crippen LogP contribution in [0.5, 0.6) is 5.88 Å². The van der Waals surface area contributed by atoms with Crippen molar-refractivity contribution in [1.82, 2.24) is 4.98 Å². The number of hydrogen-bond donors (Lipinski definition) is 0. The summed E-state index contributed by atoms with van der Waals surface area (Å²) >= 11 is 12.0. The van der Waals surface area contributed by atoms with Crippen molar-refractivity contribution in [2.45, 2.75) is 6.42 Å². The average Bonchev–Trinajstić information content (AvgIpc) is 2.83. The first-order valence-corrected chi connectivity index (χ1v) is 10.7. The minimum Gasteiger partial charge on any atom is -0.481 e. The van der Waals surface area contributed by atoms with Gasteiger partial charge in [0, 0.05) is 36.9 Å². The van der Waals surface area contributed by atoms with Crippen LogP contribution >= 0.6 is 23.2 Å². The standard InChI is InChI=1S/C26H18Cl2N2O3/c1-30-23-10-7-16(4-3-5-17-8-11-24(33-2)29-15-17)12-19(23)25(31)20(26(30)32)13-18-6-9-21(27)22(28)14-18/h6-15H,5H2,1-2H3/b20-13+. The van der Waals surface area contributed by atoms with E-state index in [1.54, 1.807) is 62.8 Å². The molecule has 1 amide bonds. The number of likely N-dealkylation sites (N-methyl/N-ethyl adjacent to an activating group) is 1. The molecule has 1 aliphatic rings. The van der Waals surface area contributed by atoms with Gasteiger partial charge in [-0.05, 0) is 47.5 Å². The van der Waals surface area contributed by atoms with E-state index in [9.17, 15) is 9.59 Å². The molecule has 1 aromatic heterocycles. The Kier molecular flexibility index (Phi) is 6.50. The Morgan fingerprint density at radius 2 is 1.88 bits per heavy atom. The highest BCUT2D eigenvalue weighted by molar-refractivity contribution is 6.42. The summed E-state index contributed by atoms with van der Waals surface area (Å²) in [5, 5.41) is 0.747. The molecule has 0 saturated carbocycles. The Morgan fingerprint density at radius 1 is 1.06 bits per heavy atom. The largest absolute Gasteiger partial charge is 0.481 e. The fourth-order valence-corrected chi connectivity index (χ4v) is 3.71. The number of pyridine rings is 1. The Bertz CT molecular complexity index is 1350. The predicted octanol–water partition coefficient (Wildman–Crippen LogP) is 5.23.